The highest BCUT2D eigenvalue weighted by molar-refractivity contribution is 6.04. The van der Waals surface area contributed by atoms with Crippen LogP contribution in [0.4, 0.5) is 4.39 Å². The molecule has 8 heteroatoms. The Hall–Kier alpha value is -4.09. The number of aliphatic hydroxyl groups excluding tert-OH is 1. The summed E-state index contributed by atoms with van der Waals surface area (Å²) in [6.07, 6.45) is 0.320. The van der Waals surface area contributed by atoms with Gasteiger partial charge in [-0.25, -0.2) is 19.3 Å². The molecule has 0 saturated carbocycles. The van der Waals surface area contributed by atoms with Crippen LogP contribution in [0.1, 0.15) is 33.8 Å². The normalized spacial score (nSPS) is 11.7. The van der Waals surface area contributed by atoms with Crippen molar-refractivity contribution in [3.8, 4) is 23.2 Å². The van der Waals surface area contributed by atoms with Gasteiger partial charge in [0.1, 0.15) is 17.3 Å². The molecule has 0 radical (unpaired) electrons. The second-order valence-corrected chi connectivity index (χ2v) is 6.48. The number of rotatable bonds is 3. The van der Waals surface area contributed by atoms with Crippen LogP contribution < -0.4 is 5.73 Å². The molecule has 4 rings (SSSR count). The monoisotopic (exact) mass is 402 g/mol. The Labute approximate surface area is 170 Å². The Bertz CT molecular complexity index is 1340. The number of fused-ring (bicyclic) bond motifs is 1. The van der Waals surface area contributed by atoms with Crippen LogP contribution in [-0.4, -0.2) is 26.0 Å². The van der Waals surface area contributed by atoms with Crippen molar-refractivity contribution in [2.24, 2.45) is 5.73 Å². The molecule has 1 amide bonds. The van der Waals surface area contributed by atoms with Gasteiger partial charge in [0, 0.05) is 22.6 Å². The van der Waals surface area contributed by atoms with Gasteiger partial charge in [-0.1, -0.05) is 24.0 Å². The summed E-state index contributed by atoms with van der Waals surface area (Å²) in [5.74, 6) is 5.16. The minimum atomic E-state index is -1.18. The van der Waals surface area contributed by atoms with E-state index in [1.807, 2.05) is 0 Å². The molecule has 0 aliphatic rings. The van der Waals surface area contributed by atoms with E-state index in [1.54, 1.807) is 31.2 Å². The molecule has 148 valence electrons. The van der Waals surface area contributed by atoms with Crippen molar-refractivity contribution in [2.75, 3.05) is 0 Å². The van der Waals surface area contributed by atoms with E-state index < -0.39 is 17.8 Å². The molecule has 4 aromatic rings. The summed E-state index contributed by atoms with van der Waals surface area (Å²) in [6, 6.07) is 10.7. The predicted molar refractivity (Wildman–Crippen MR) is 107 cm³/mol. The van der Waals surface area contributed by atoms with E-state index in [9.17, 15) is 14.3 Å². The van der Waals surface area contributed by atoms with Crippen LogP contribution in [0.15, 0.2) is 53.1 Å². The number of hydrogen-bond acceptors (Lipinski definition) is 6. The molecular weight excluding hydrogens is 387 g/mol. The molecule has 0 spiro atoms. The van der Waals surface area contributed by atoms with Crippen LogP contribution in [0, 0.1) is 24.6 Å². The molecule has 0 saturated heterocycles. The van der Waals surface area contributed by atoms with Gasteiger partial charge < -0.3 is 15.3 Å². The average molecular weight is 402 g/mol. The summed E-state index contributed by atoms with van der Waals surface area (Å²) in [4.78, 5) is 24.4. The number of halogens is 1. The number of amides is 1. The molecule has 1 atom stereocenters. The van der Waals surface area contributed by atoms with Gasteiger partial charge >= 0.3 is 0 Å². The second-order valence-electron chi connectivity index (χ2n) is 6.48. The van der Waals surface area contributed by atoms with Crippen molar-refractivity contribution in [3.63, 3.8) is 0 Å². The molecule has 30 heavy (non-hydrogen) atoms. The highest BCUT2D eigenvalue weighted by Gasteiger charge is 2.14. The molecule has 0 aliphatic carbocycles. The molecule has 2 aromatic heterocycles. The zero-order valence-electron chi connectivity index (χ0n) is 15.8. The summed E-state index contributed by atoms with van der Waals surface area (Å²) < 4.78 is 18.9. The fraction of sp³-hybridized carbons (Fsp3) is 0.0909. The summed E-state index contributed by atoms with van der Waals surface area (Å²) in [7, 11) is 0. The van der Waals surface area contributed by atoms with Crippen molar-refractivity contribution in [1.29, 1.82) is 0 Å². The van der Waals surface area contributed by atoms with E-state index in [-0.39, 0.29) is 22.9 Å². The number of aromatic nitrogens is 3. The highest BCUT2D eigenvalue weighted by atomic mass is 19.1. The van der Waals surface area contributed by atoms with Crippen molar-refractivity contribution < 1.29 is 18.7 Å². The number of primary amides is 1. The molecule has 0 bridgehead atoms. The van der Waals surface area contributed by atoms with E-state index in [0.29, 0.717) is 22.3 Å². The van der Waals surface area contributed by atoms with Crippen LogP contribution >= 0.6 is 0 Å². The molecule has 2 heterocycles. The fourth-order valence-electron chi connectivity index (χ4n) is 2.87. The third-order valence-electron chi connectivity index (χ3n) is 4.24. The summed E-state index contributed by atoms with van der Waals surface area (Å²) in [5.41, 5.74) is 6.83. The number of carbonyl (C=O) groups excluding carboxylic acids is 1. The zero-order valence-corrected chi connectivity index (χ0v) is 15.8. The topological polar surface area (TPSA) is 115 Å². The van der Waals surface area contributed by atoms with Gasteiger partial charge in [-0.2, -0.15) is 0 Å². The van der Waals surface area contributed by atoms with Crippen LogP contribution in [0.25, 0.3) is 22.3 Å². The van der Waals surface area contributed by atoms with Gasteiger partial charge in [-0.3, -0.25) is 4.79 Å². The first-order valence-corrected chi connectivity index (χ1v) is 8.90. The number of aliphatic hydroxyl groups is 1. The average Bonchev–Trinajstić information content (AvgIpc) is 3.17. The number of nitrogens with zero attached hydrogens (tertiary/aromatic N) is 3. The third kappa shape index (κ3) is 3.87. The molecule has 0 fully saturated rings. The SMILES string of the molecule is Cc1cnc([C@@H](O)C#Cc2cccc(-c3nc(C(N)=O)c4ccc(F)cc4n3)c2)o1. The van der Waals surface area contributed by atoms with Crippen molar-refractivity contribution in [2.45, 2.75) is 13.0 Å². The minimum absolute atomic E-state index is 0.00109. The van der Waals surface area contributed by atoms with Crippen LogP contribution in [-0.2, 0) is 0 Å². The largest absolute Gasteiger partial charge is 0.442 e. The number of aryl methyl sites for hydroxylation is 1. The van der Waals surface area contributed by atoms with Gasteiger partial charge in [0.15, 0.2) is 11.9 Å². The number of oxazole rings is 1. The van der Waals surface area contributed by atoms with E-state index in [1.165, 1.54) is 24.4 Å². The quantitative estimate of drug-likeness (QED) is 0.509. The third-order valence-corrected chi connectivity index (χ3v) is 4.24. The lowest BCUT2D eigenvalue weighted by atomic mass is 10.1. The molecule has 3 N–H and O–H groups in total. The Morgan fingerprint density at radius 3 is 2.80 bits per heavy atom. The number of hydrogen-bond donors (Lipinski definition) is 2. The lowest BCUT2D eigenvalue weighted by Crippen LogP contribution is -2.15. The molecule has 0 unspecified atom stereocenters. The van der Waals surface area contributed by atoms with E-state index in [2.05, 4.69) is 26.8 Å². The first kappa shape index (κ1) is 19.2. The predicted octanol–water partition coefficient (Wildman–Crippen LogP) is 2.92. The number of benzene rings is 2. The summed E-state index contributed by atoms with van der Waals surface area (Å²) in [6.45, 7) is 1.72. The smallest absolute Gasteiger partial charge is 0.268 e. The zero-order chi connectivity index (χ0) is 21.3. The van der Waals surface area contributed by atoms with Crippen molar-refractivity contribution in [3.05, 3.63) is 77.4 Å². The van der Waals surface area contributed by atoms with Crippen LogP contribution in [0.5, 0.6) is 0 Å². The Kier molecular flexibility index (Phi) is 4.96. The van der Waals surface area contributed by atoms with E-state index >= 15 is 0 Å². The van der Waals surface area contributed by atoms with Gasteiger partial charge in [0.2, 0.25) is 5.89 Å². The summed E-state index contributed by atoms with van der Waals surface area (Å²) in [5, 5.41) is 10.5. The first-order chi connectivity index (χ1) is 14.4. The minimum Gasteiger partial charge on any atom is -0.442 e. The highest BCUT2D eigenvalue weighted by Crippen LogP contribution is 2.23. The Morgan fingerprint density at radius 2 is 2.07 bits per heavy atom. The lowest BCUT2D eigenvalue weighted by Gasteiger charge is -2.07. The van der Waals surface area contributed by atoms with Crippen LogP contribution in [0.2, 0.25) is 0 Å². The standard InChI is InChI=1S/C22H15FN4O3/c1-12-11-25-22(30-12)18(28)8-5-13-3-2-4-14(9-13)21-26-17-10-15(23)6-7-16(17)19(27-21)20(24)29/h2-4,6-7,9-11,18,28H,1H3,(H2,24,29)/t18-/m0/s1. The molecular formula is C22H15FN4O3. The van der Waals surface area contributed by atoms with Crippen molar-refractivity contribution in [1.82, 2.24) is 15.0 Å². The Balaban J connectivity index is 1.73. The van der Waals surface area contributed by atoms with Crippen LogP contribution in [0.3, 0.4) is 0 Å². The van der Waals surface area contributed by atoms with E-state index in [0.717, 1.165) is 0 Å². The number of nitrogens with two attached hydrogens (primary N) is 1. The van der Waals surface area contributed by atoms with Gasteiger partial charge in [-0.05, 0) is 31.2 Å². The lowest BCUT2D eigenvalue weighted by molar-refractivity contribution is 0.0997. The maximum absolute atomic E-state index is 13.7. The van der Waals surface area contributed by atoms with Gasteiger partial charge in [0.25, 0.3) is 5.91 Å². The second kappa shape index (κ2) is 7.73. The van der Waals surface area contributed by atoms with E-state index in [4.69, 9.17) is 10.2 Å². The van der Waals surface area contributed by atoms with Crippen molar-refractivity contribution >= 4 is 16.8 Å². The summed E-state index contributed by atoms with van der Waals surface area (Å²) >= 11 is 0. The fourth-order valence-corrected chi connectivity index (χ4v) is 2.87. The first-order valence-electron chi connectivity index (χ1n) is 8.90. The maximum atomic E-state index is 13.7. The van der Waals surface area contributed by atoms with Gasteiger partial charge in [0.05, 0.1) is 11.7 Å². The molecule has 0 aliphatic heterocycles. The maximum Gasteiger partial charge on any atom is 0.268 e. The molecule has 7 nitrogen and oxygen atoms in total. The Morgan fingerprint density at radius 1 is 1.23 bits per heavy atom. The van der Waals surface area contributed by atoms with Gasteiger partial charge in [-0.15, -0.1) is 0 Å². The molecule has 2 aromatic carbocycles. The number of carbonyl (C=O) groups is 1.